The number of esters is 3. The van der Waals surface area contributed by atoms with Crippen LogP contribution in [0.25, 0.3) is 0 Å². The number of hydrogen-bond acceptors (Lipinski definition) is 9. The fraction of sp³-hybridized carbons (Fsp3) is 0.524. The molecule has 1 N–H and O–H groups in total. The van der Waals surface area contributed by atoms with Crippen LogP contribution in [0.3, 0.4) is 0 Å². The third-order valence-electron chi connectivity index (χ3n) is 5.03. The summed E-state index contributed by atoms with van der Waals surface area (Å²) in [5.41, 5.74) is 0.390. The quantitative estimate of drug-likeness (QED) is 0.225. The molecule has 9 nitrogen and oxygen atoms in total. The van der Waals surface area contributed by atoms with E-state index in [1.54, 1.807) is 6.07 Å². The Labute approximate surface area is 189 Å². The average Bonchev–Trinajstić information content (AvgIpc) is 2.75. The van der Waals surface area contributed by atoms with Gasteiger partial charge in [-0.05, 0) is 30.9 Å². The third-order valence-corrected chi connectivity index (χ3v) is 5.03. The second kappa shape index (κ2) is 11.7. The molecule has 1 heterocycles. The van der Waals surface area contributed by atoms with Crippen LogP contribution in [0.2, 0.25) is 5.82 Å². The van der Waals surface area contributed by atoms with Crippen LogP contribution < -0.4 is 4.65 Å². The summed E-state index contributed by atoms with van der Waals surface area (Å²) in [4.78, 5) is 46.7. The van der Waals surface area contributed by atoms with Gasteiger partial charge in [0.25, 0.3) is 0 Å². The number of carbonyl (C=O) groups excluding carboxylic acids is 4. The average molecular weight is 470 g/mol. The van der Waals surface area contributed by atoms with Crippen LogP contribution in [-0.4, -0.2) is 55.7 Å². The number of fused-ring (bicyclic) bond motifs is 1. The number of methoxy groups -OCH3 is 1. The van der Waals surface area contributed by atoms with Crippen LogP contribution in [0.4, 0.5) is 8.78 Å². The summed E-state index contributed by atoms with van der Waals surface area (Å²) in [7, 11) is -0.298. The van der Waals surface area contributed by atoms with Crippen molar-refractivity contribution in [2.24, 2.45) is 0 Å². The lowest BCUT2D eigenvalue weighted by Crippen LogP contribution is -2.38. The molecule has 0 aliphatic carbocycles. The van der Waals surface area contributed by atoms with E-state index in [1.807, 2.05) is 0 Å². The third kappa shape index (κ3) is 7.81. The largest absolute Gasteiger partial charge is 0.535 e. The van der Waals surface area contributed by atoms with E-state index in [-0.39, 0.29) is 36.5 Å². The first-order valence-corrected chi connectivity index (χ1v) is 10.3. The highest BCUT2D eigenvalue weighted by Crippen LogP contribution is 2.37. The number of Topliss-reactive ketones (excluding diaryl/α,β-unsaturated/α-hetero) is 1. The number of ether oxygens (including phenoxy) is 3. The van der Waals surface area contributed by atoms with Crippen LogP contribution >= 0.6 is 0 Å². The summed E-state index contributed by atoms with van der Waals surface area (Å²) in [5.74, 6) is -7.61. The molecule has 180 valence electrons. The Balaban J connectivity index is 1.88. The van der Waals surface area contributed by atoms with E-state index >= 15 is 0 Å². The molecule has 0 saturated heterocycles. The maximum Gasteiger partial charge on any atom is 0.526 e. The van der Waals surface area contributed by atoms with Crippen LogP contribution in [0.5, 0.6) is 5.75 Å². The number of halogens is 2. The predicted molar refractivity (Wildman–Crippen MR) is 110 cm³/mol. The first kappa shape index (κ1) is 26.2. The second-order valence-corrected chi connectivity index (χ2v) is 7.63. The number of ketones is 1. The summed E-state index contributed by atoms with van der Waals surface area (Å²) >= 11 is 0. The monoisotopic (exact) mass is 470 g/mol. The van der Waals surface area contributed by atoms with E-state index in [0.29, 0.717) is 25.3 Å². The van der Waals surface area contributed by atoms with Gasteiger partial charge in [-0.3, -0.25) is 14.4 Å². The maximum atomic E-state index is 13.2. The zero-order chi connectivity index (χ0) is 24.6. The van der Waals surface area contributed by atoms with Gasteiger partial charge in [-0.2, -0.15) is 8.78 Å². The number of unbranched alkanes of at least 4 members (excludes halogenated alkanes) is 1. The van der Waals surface area contributed by atoms with Gasteiger partial charge in [-0.1, -0.05) is 12.1 Å². The summed E-state index contributed by atoms with van der Waals surface area (Å²) in [6.07, 6.45) is 0.503. The van der Waals surface area contributed by atoms with Gasteiger partial charge in [0.1, 0.15) is 11.3 Å². The summed E-state index contributed by atoms with van der Waals surface area (Å²) < 4.78 is 46.0. The fourth-order valence-electron chi connectivity index (χ4n) is 3.18. The van der Waals surface area contributed by atoms with Crippen molar-refractivity contribution in [3.63, 3.8) is 0 Å². The molecule has 0 radical (unpaired) electrons. The lowest BCUT2D eigenvalue weighted by atomic mass is 9.64. The number of rotatable bonds is 11. The van der Waals surface area contributed by atoms with Gasteiger partial charge in [0.2, 0.25) is 12.6 Å². The Morgan fingerprint density at radius 1 is 1.15 bits per heavy atom. The number of hydrogen-bond donors (Lipinski definition) is 1. The van der Waals surface area contributed by atoms with Crippen molar-refractivity contribution in [1.82, 2.24) is 0 Å². The molecule has 1 aliphatic rings. The Morgan fingerprint density at radius 2 is 1.82 bits per heavy atom. The molecule has 0 unspecified atom stereocenters. The molecule has 0 bridgehead atoms. The lowest BCUT2D eigenvalue weighted by Gasteiger charge is -2.28. The van der Waals surface area contributed by atoms with Gasteiger partial charge >= 0.3 is 30.9 Å². The first-order chi connectivity index (χ1) is 15.5. The minimum Gasteiger partial charge on any atom is -0.535 e. The number of para-hydroxylation sites is 1. The van der Waals surface area contributed by atoms with E-state index in [4.69, 9.17) is 14.1 Å². The van der Waals surface area contributed by atoms with Crippen molar-refractivity contribution in [3.05, 3.63) is 29.3 Å². The number of alkyl halides is 2. The molecule has 0 fully saturated rings. The smallest absolute Gasteiger partial charge is 0.526 e. The molecule has 1 aromatic carbocycles. The first-order valence-electron chi connectivity index (χ1n) is 10.3. The Hall–Kier alpha value is -3.02. The van der Waals surface area contributed by atoms with Crippen LogP contribution in [-0.2, 0) is 35.0 Å². The van der Waals surface area contributed by atoms with Gasteiger partial charge in [0, 0.05) is 32.0 Å². The molecule has 0 aromatic heterocycles. The van der Waals surface area contributed by atoms with Crippen molar-refractivity contribution < 1.29 is 51.8 Å². The standard InChI is InChI=1S/C21H25BF2O9/c1-21(23,24)16(25)11-14-10-13-6-5-7-15(19(13)33-22(14)29)20(28)32-12-31-18(27)9-4-3-8-17(26)30-2/h5-7,14,29H,3-4,8-12H2,1-2H3/t14-/m1/s1. The molecule has 1 atom stereocenters. The van der Waals surface area contributed by atoms with E-state index in [0.717, 1.165) is 0 Å². The second-order valence-electron chi connectivity index (χ2n) is 7.63. The van der Waals surface area contributed by atoms with Gasteiger partial charge in [0.05, 0.1) is 7.11 Å². The van der Waals surface area contributed by atoms with E-state index in [1.165, 1.54) is 19.2 Å². The normalized spacial score (nSPS) is 15.2. The van der Waals surface area contributed by atoms with Crippen molar-refractivity contribution in [3.8, 4) is 5.75 Å². The van der Waals surface area contributed by atoms with E-state index in [2.05, 4.69) is 4.74 Å². The molecule has 0 saturated carbocycles. The minimum absolute atomic E-state index is 0.0103. The number of carbonyl (C=O) groups is 4. The van der Waals surface area contributed by atoms with Gasteiger partial charge in [-0.25, -0.2) is 4.79 Å². The van der Waals surface area contributed by atoms with Crippen molar-refractivity contribution in [1.29, 1.82) is 0 Å². The highest BCUT2D eigenvalue weighted by molar-refractivity contribution is 6.47. The van der Waals surface area contributed by atoms with Crippen molar-refractivity contribution in [2.45, 2.75) is 57.2 Å². The Bertz CT molecular complexity index is 885. The van der Waals surface area contributed by atoms with Crippen molar-refractivity contribution >= 4 is 30.8 Å². The molecule has 2 rings (SSSR count). The van der Waals surface area contributed by atoms with E-state index < -0.39 is 49.8 Å². The maximum absolute atomic E-state index is 13.2. The zero-order valence-corrected chi connectivity index (χ0v) is 18.3. The van der Waals surface area contributed by atoms with E-state index in [9.17, 15) is 33.0 Å². The lowest BCUT2D eigenvalue weighted by molar-refractivity contribution is -0.152. The molecule has 0 spiro atoms. The molecular formula is C21H25BF2O9. The van der Waals surface area contributed by atoms with Crippen molar-refractivity contribution in [2.75, 3.05) is 13.9 Å². The number of benzene rings is 1. The van der Waals surface area contributed by atoms with Crippen LogP contribution in [0.15, 0.2) is 18.2 Å². The van der Waals surface area contributed by atoms with Gasteiger partial charge < -0.3 is 23.9 Å². The molecule has 0 amide bonds. The van der Waals surface area contributed by atoms with Crippen LogP contribution in [0, 0.1) is 0 Å². The predicted octanol–water partition coefficient (Wildman–Crippen LogP) is 2.48. The Morgan fingerprint density at radius 3 is 2.45 bits per heavy atom. The minimum atomic E-state index is -3.52. The fourth-order valence-corrected chi connectivity index (χ4v) is 3.18. The molecule has 12 heteroatoms. The van der Waals surface area contributed by atoms with Gasteiger partial charge in [0.15, 0.2) is 0 Å². The molecule has 1 aromatic rings. The molecular weight excluding hydrogens is 445 g/mol. The SMILES string of the molecule is COC(=O)CCCCC(=O)OCOC(=O)c1cccc2c1OB(O)[C@@H](CC(=O)C(C)(F)F)C2. The molecule has 33 heavy (non-hydrogen) atoms. The van der Waals surface area contributed by atoms with Crippen LogP contribution in [0.1, 0.15) is 54.9 Å². The summed E-state index contributed by atoms with van der Waals surface area (Å²) in [5, 5.41) is 10.2. The molecule has 1 aliphatic heterocycles. The summed E-state index contributed by atoms with van der Waals surface area (Å²) in [6.45, 7) is -0.160. The Kier molecular flexibility index (Phi) is 9.33. The highest BCUT2D eigenvalue weighted by atomic mass is 19.3. The topological polar surface area (TPSA) is 125 Å². The highest BCUT2D eigenvalue weighted by Gasteiger charge is 2.42. The zero-order valence-electron chi connectivity index (χ0n) is 18.3. The van der Waals surface area contributed by atoms with Gasteiger partial charge in [-0.15, -0.1) is 0 Å². The summed E-state index contributed by atoms with van der Waals surface area (Å²) in [6, 6.07) is 4.46.